The first-order valence-electron chi connectivity index (χ1n) is 3.86. The molecule has 2 heteroatoms. The van der Waals surface area contributed by atoms with Crippen LogP contribution in [0.3, 0.4) is 0 Å². The molecule has 10 heavy (non-hydrogen) atoms. The van der Waals surface area contributed by atoms with Crippen LogP contribution in [0.4, 0.5) is 0 Å². The molecule has 0 unspecified atom stereocenters. The largest absolute Gasteiger partial charge is 0.376 e. The number of nitrogens with one attached hydrogen (secondary N) is 1. The van der Waals surface area contributed by atoms with E-state index in [1.807, 2.05) is 27.7 Å². The molecule has 62 valence electrons. The average Bonchev–Trinajstić information content (AvgIpc) is 1.60. The molecule has 0 fully saturated rings. The summed E-state index contributed by atoms with van der Waals surface area (Å²) < 4.78 is 0. The Hall–Kier alpha value is -0.0800. The van der Waals surface area contributed by atoms with Crippen LogP contribution in [0.1, 0.15) is 34.6 Å². The van der Waals surface area contributed by atoms with Crippen LogP contribution >= 0.6 is 0 Å². The van der Waals surface area contributed by atoms with E-state index in [2.05, 4.69) is 5.32 Å². The molecule has 2 N–H and O–H groups in total. The molecule has 0 aliphatic carbocycles. The first kappa shape index (κ1) is 9.92. The number of aliphatic hydroxyl groups is 1. The molecule has 0 aromatic heterocycles. The van der Waals surface area contributed by atoms with Crippen molar-refractivity contribution >= 4 is 0 Å². The fourth-order valence-corrected chi connectivity index (χ4v) is 0.751. The Morgan fingerprint density at radius 2 is 1.60 bits per heavy atom. The molecule has 0 aliphatic heterocycles. The minimum atomic E-state index is -0.728. The zero-order valence-corrected chi connectivity index (χ0v) is 7.60. The van der Waals surface area contributed by atoms with E-state index in [0.29, 0.717) is 6.04 Å². The maximum atomic E-state index is 9.65. The predicted octanol–water partition coefficient (Wildman–Crippen LogP) is 1.35. The monoisotopic (exact) mass is 145 g/mol. The lowest BCUT2D eigenvalue weighted by Crippen LogP contribution is -2.49. The first-order valence-corrected chi connectivity index (χ1v) is 3.86. The Balaban J connectivity index is 3.87. The highest BCUT2D eigenvalue weighted by Gasteiger charge is 2.24. The SMILES string of the molecule is CC(C)N[C@](C)(O)C(C)C. The van der Waals surface area contributed by atoms with Gasteiger partial charge in [0.15, 0.2) is 0 Å². The molecular weight excluding hydrogens is 126 g/mol. The van der Waals surface area contributed by atoms with Crippen LogP contribution in [-0.2, 0) is 0 Å². The lowest BCUT2D eigenvalue weighted by Gasteiger charge is -2.31. The van der Waals surface area contributed by atoms with E-state index in [1.54, 1.807) is 6.92 Å². The topological polar surface area (TPSA) is 32.3 Å². The molecule has 0 rings (SSSR count). The van der Waals surface area contributed by atoms with Gasteiger partial charge in [0.2, 0.25) is 0 Å². The van der Waals surface area contributed by atoms with E-state index in [4.69, 9.17) is 0 Å². The van der Waals surface area contributed by atoms with Crippen molar-refractivity contribution in [3.63, 3.8) is 0 Å². The van der Waals surface area contributed by atoms with Gasteiger partial charge in [-0.25, -0.2) is 0 Å². The maximum Gasteiger partial charge on any atom is 0.115 e. The van der Waals surface area contributed by atoms with Crippen LogP contribution in [0, 0.1) is 5.92 Å². The molecule has 0 aromatic carbocycles. The van der Waals surface area contributed by atoms with E-state index in [-0.39, 0.29) is 5.92 Å². The third kappa shape index (κ3) is 3.18. The van der Waals surface area contributed by atoms with Gasteiger partial charge in [-0.15, -0.1) is 0 Å². The fourth-order valence-electron chi connectivity index (χ4n) is 0.751. The quantitative estimate of drug-likeness (QED) is 0.587. The fraction of sp³-hybridized carbons (Fsp3) is 1.00. The molecule has 1 atom stereocenters. The summed E-state index contributed by atoms with van der Waals surface area (Å²) in [7, 11) is 0. The average molecular weight is 145 g/mol. The minimum Gasteiger partial charge on any atom is -0.376 e. The van der Waals surface area contributed by atoms with Gasteiger partial charge in [0.05, 0.1) is 0 Å². The van der Waals surface area contributed by atoms with Crippen LogP contribution in [0.15, 0.2) is 0 Å². The van der Waals surface area contributed by atoms with Crippen LogP contribution < -0.4 is 5.32 Å². The second-order valence-corrected chi connectivity index (χ2v) is 3.60. The zero-order chi connectivity index (χ0) is 8.36. The smallest absolute Gasteiger partial charge is 0.115 e. The number of hydrogen-bond donors (Lipinski definition) is 2. The van der Waals surface area contributed by atoms with Crippen LogP contribution in [0.5, 0.6) is 0 Å². The zero-order valence-electron chi connectivity index (χ0n) is 7.60. The Kier molecular flexibility index (Phi) is 3.33. The molecule has 0 aromatic rings. The summed E-state index contributed by atoms with van der Waals surface area (Å²) in [5.74, 6) is 0.245. The van der Waals surface area contributed by atoms with E-state index in [0.717, 1.165) is 0 Å². The summed E-state index contributed by atoms with van der Waals surface area (Å²) in [4.78, 5) is 0. The summed E-state index contributed by atoms with van der Waals surface area (Å²) >= 11 is 0. The van der Waals surface area contributed by atoms with Crippen molar-refractivity contribution in [2.24, 2.45) is 5.92 Å². The first-order chi connectivity index (χ1) is 4.36. The Labute approximate surface area is 63.6 Å². The van der Waals surface area contributed by atoms with Gasteiger partial charge in [0.1, 0.15) is 5.72 Å². The second kappa shape index (κ2) is 3.35. The molecule has 0 spiro atoms. The Morgan fingerprint density at radius 3 is 1.70 bits per heavy atom. The summed E-state index contributed by atoms with van der Waals surface area (Å²) in [6.07, 6.45) is 0. The van der Waals surface area contributed by atoms with Crippen molar-refractivity contribution in [2.75, 3.05) is 0 Å². The molecule has 0 aliphatic rings. The molecule has 0 radical (unpaired) electrons. The van der Waals surface area contributed by atoms with Crippen LogP contribution in [-0.4, -0.2) is 16.9 Å². The highest BCUT2D eigenvalue weighted by Crippen LogP contribution is 2.12. The summed E-state index contributed by atoms with van der Waals surface area (Å²) in [6.45, 7) is 9.84. The van der Waals surface area contributed by atoms with Crippen molar-refractivity contribution in [1.82, 2.24) is 5.32 Å². The van der Waals surface area contributed by atoms with Gasteiger partial charge in [0.25, 0.3) is 0 Å². The van der Waals surface area contributed by atoms with Crippen molar-refractivity contribution in [3.8, 4) is 0 Å². The lowest BCUT2D eigenvalue weighted by molar-refractivity contribution is -0.0265. The van der Waals surface area contributed by atoms with Gasteiger partial charge in [0, 0.05) is 6.04 Å². The summed E-state index contributed by atoms with van der Waals surface area (Å²) in [5, 5.41) is 12.7. The summed E-state index contributed by atoms with van der Waals surface area (Å²) in [6, 6.07) is 0.331. The van der Waals surface area contributed by atoms with E-state index >= 15 is 0 Å². The van der Waals surface area contributed by atoms with E-state index in [9.17, 15) is 5.11 Å². The molecule has 2 nitrogen and oxygen atoms in total. The second-order valence-electron chi connectivity index (χ2n) is 3.60. The van der Waals surface area contributed by atoms with Crippen molar-refractivity contribution < 1.29 is 5.11 Å². The molecular formula is C8H19NO. The molecule has 0 saturated carbocycles. The molecule has 0 bridgehead atoms. The van der Waals surface area contributed by atoms with Gasteiger partial charge < -0.3 is 5.11 Å². The van der Waals surface area contributed by atoms with Gasteiger partial charge in [-0.3, -0.25) is 5.32 Å². The number of rotatable bonds is 3. The third-order valence-electron chi connectivity index (χ3n) is 1.71. The van der Waals surface area contributed by atoms with Crippen molar-refractivity contribution in [2.45, 2.75) is 46.4 Å². The van der Waals surface area contributed by atoms with Gasteiger partial charge in [-0.05, 0) is 26.7 Å². The molecule has 0 amide bonds. The normalized spacial score (nSPS) is 18.0. The third-order valence-corrected chi connectivity index (χ3v) is 1.71. The number of hydrogen-bond acceptors (Lipinski definition) is 2. The molecule has 0 saturated heterocycles. The maximum absolute atomic E-state index is 9.65. The van der Waals surface area contributed by atoms with Gasteiger partial charge >= 0.3 is 0 Å². The summed E-state index contributed by atoms with van der Waals surface area (Å²) in [5.41, 5.74) is -0.728. The van der Waals surface area contributed by atoms with Crippen LogP contribution in [0.25, 0.3) is 0 Å². The molecule has 0 heterocycles. The minimum absolute atomic E-state index is 0.245. The Morgan fingerprint density at radius 1 is 1.20 bits per heavy atom. The van der Waals surface area contributed by atoms with Crippen LogP contribution in [0.2, 0.25) is 0 Å². The standard InChI is InChI=1S/C8H19NO/c1-6(2)8(5,10)9-7(3)4/h6-7,9-10H,1-5H3/t8-/m1/s1. The lowest BCUT2D eigenvalue weighted by atomic mass is 10.0. The highest BCUT2D eigenvalue weighted by molar-refractivity contribution is 4.74. The van der Waals surface area contributed by atoms with E-state index in [1.165, 1.54) is 0 Å². The highest BCUT2D eigenvalue weighted by atomic mass is 16.3. The van der Waals surface area contributed by atoms with Crippen molar-refractivity contribution in [1.29, 1.82) is 0 Å². The predicted molar refractivity (Wildman–Crippen MR) is 43.7 cm³/mol. The Bertz CT molecular complexity index is 97.4. The van der Waals surface area contributed by atoms with Gasteiger partial charge in [-0.1, -0.05) is 13.8 Å². The van der Waals surface area contributed by atoms with Gasteiger partial charge in [-0.2, -0.15) is 0 Å². The van der Waals surface area contributed by atoms with Crippen molar-refractivity contribution in [3.05, 3.63) is 0 Å². The van der Waals surface area contributed by atoms with E-state index < -0.39 is 5.72 Å².